The summed E-state index contributed by atoms with van der Waals surface area (Å²) in [5, 5.41) is 23.8. The molecule has 9 nitrogen and oxygen atoms in total. The van der Waals surface area contributed by atoms with Gasteiger partial charge in [-0.3, -0.25) is 10.1 Å². The maximum absolute atomic E-state index is 12.0. The van der Waals surface area contributed by atoms with Crippen molar-refractivity contribution in [1.82, 2.24) is 0 Å². The predicted octanol–water partition coefficient (Wildman–Crippen LogP) is 3.94. The van der Waals surface area contributed by atoms with E-state index in [1.807, 2.05) is 0 Å². The van der Waals surface area contributed by atoms with Gasteiger partial charge in [0.2, 0.25) is 0 Å². The van der Waals surface area contributed by atoms with Crippen LogP contribution in [-0.4, -0.2) is 32.2 Å². The van der Waals surface area contributed by atoms with Crippen LogP contribution in [0.2, 0.25) is 0 Å². The molecule has 0 saturated carbocycles. The molecule has 0 fully saturated rings. The molecule has 2 aromatic carbocycles. The standard InChI is InChI=1S/C20H21N3O6/c1-20(2,11-21)12-6-7-14(15(8-12)23(25)26)22-13-9-16(27-3)18(19(24)29-5)17(10-13)28-4/h6-10,22H,1-5H3. The lowest BCUT2D eigenvalue weighted by atomic mass is 9.86. The van der Waals surface area contributed by atoms with E-state index in [-0.39, 0.29) is 28.4 Å². The Labute approximate surface area is 168 Å². The van der Waals surface area contributed by atoms with Gasteiger partial charge in [0.05, 0.1) is 37.7 Å². The summed E-state index contributed by atoms with van der Waals surface area (Å²) < 4.78 is 15.3. The molecule has 9 heteroatoms. The van der Waals surface area contributed by atoms with Crippen molar-refractivity contribution in [2.75, 3.05) is 26.6 Å². The molecule has 152 valence electrons. The Balaban J connectivity index is 2.55. The maximum atomic E-state index is 12.0. The predicted molar refractivity (Wildman–Crippen MR) is 106 cm³/mol. The molecule has 0 bridgehead atoms. The molecule has 0 aliphatic carbocycles. The topological polar surface area (TPSA) is 124 Å². The van der Waals surface area contributed by atoms with Gasteiger partial charge in [-0.2, -0.15) is 5.26 Å². The number of methoxy groups -OCH3 is 3. The third-order valence-electron chi connectivity index (χ3n) is 4.37. The second-order valence-corrected chi connectivity index (χ2v) is 6.60. The summed E-state index contributed by atoms with van der Waals surface area (Å²) >= 11 is 0. The van der Waals surface area contributed by atoms with E-state index in [0.29, 0.717) is 11.3 Å². The number of ether oxygens (including phenoxy) is 3. The Bertz CT molecular complexity index is 969. The fourth-order valence-corrected chi connectivity index (χ4v) is 2.68. The molecule has 0 heterocycles. The minimum Gasteiger partial charge on any atom is -0.496 e. The molecule has 29 heavy (non-hydrogen) atoms. The first-order valence-electron chi connectivity index (χ1n) is 8.50. The molecule has 0 unspecified atom stereocenters. The Morgan fingerprint density at radius 2 is 1.72 bits per heavy atom. The van der Waals surface area contributed by atoms with Crippen molar-refractivity contribution < 1.29 is 23.9 Å². The number of carbonyl (C=O) groups excluding carboxylic acids is 1. The zero-order chi connectivity index (χ0) is 21.8. The van der Waals surface area contributed by atoms with Crippen LogP contribution < -0.4 is 14.8 Å². The highest BCUT2D eigenvalue weighted by Gasteiger charge is 2.25. The van der Waals surface area contributed by atoms with Gasteiger partial charge in [-0.25, -0.2) is 4.79 Å². The molecule has 0 atom stereocenters. The van der Waals surface area contributed by atoms with Crippen molar-refractivity contribution in [3.05, 3.63) is 51.6 Å². The number of nitro benzene ring substituents is 1. The highest BCUT2D eigenvalue weighted by molar-refractivity contribution is 5.96. The van der Waals surface area contributed by atoms with Gasteiger partial charge < -0.3 is 19.5 Å². The first kappa shape index (κ1) is 21.5. The quantitative estimate of drug-likeness (QED) is 0.422. The van der Waals surface area contributed by atoms with Crippen LogP contribution in [0.15, 0.2) is 30.3 Å². The van der Waals surface area contributed by atoms with Crippen LogP contribution >= 0.6 is 0 Å². The SMILES string of the molecule is COC(=O)c1c(OC)cc(Nc2ccc(C(C)(C)C#N)cc2[N+](=O)[O-])cc1OC. The van der Waals surface area contributed by atoms with Crippen LogP contribution in [0, 0.1) is 21.4 Å². The second kappa shape index (κ2) is 8.48. The van der Waals surface area contributed by atoms with E-state index >= 15 is 0 Å². The maximum Gasteiger partial charge on any atom is 0.345 e. The van der Waals surface area contributed by atoms with E-state index < -0.39 is 16.3 Å². The lowest BCUT2D eigenvalue weighted by molar-refractivity contribution is -0.384. The van der Waals surface area contributed by atoms with E-state index in [0.717, 1.165) is 0 Å². The Hall–Kier alpha value is -3.80. The normalized spacial score (nSPS) is 10.6. The Morgan fingerprint density at radius 1 is 1.14 bits per heavy atom. The first-order valence-corrected chi connectivity index (χ1v) is 8.50. The highest BCUT2D eigenvalue weighted by Crippen LogP contribution is 2.37. The van der Waals surface area contributed by atoms with Crippen LogP contribution in [0.3, 0.4) is 0 Å². The van der Waals surface area contributed by atoms with Crippen molar-refractivity contribution >= 4 is 23.0 Å². The number of nitrogens with zero attached hydrogens (tertiary/aromatic N) is 2. The van der Waals surface area contributed by atoms with E-state index in [1.165, 1.54) is 45.6 Å². The summed E-state index contributed by atoms with van der Waals surface area (Å²) in [6.45, 7) is 3.36. The van der Waals surface area contributed by atoms with Crippen molar-refractivity contribution in [2.24, 2.45) is 0 Å². The van der Waals surface area contributed by atoms with Gasteiger partial charge in [-0.1, -0.05) is 6.07 Å². The van der Waals surface area contributed by atoms with Crippen molar-refractivity contribution in [2.45, 2.75) is 19.3 Å². The van der Waals surface area contributed by atoms with E-state index in [2.05, 4.69) is 11.4 Å². The number of hydrogen-bond acceptors (Lipinski definition) is 8. The van der Waals surface area contributed by atoms with Gasteiger partial charge in [0.1, 0.15) is 22.7 Å². The molecule has 0 aliphatic heterocycles. The fourth-order valence-electron chi connectivity index (χ4n) is 2.68. The average molecular weight is 399 g/mol. The molecule has 2 aromatic rings. The van der Waals surface area contributed by atoms with Crippen LogP contribution in [0.5, 0.6) is 11.5 Å². The summed E-state index contributed by atoms with van der Waals surface area (Å²) in [5.74, 6) is -0.272. The highest BCUT2D eigenvalue weighted by atomic mass is 16.6. The molecular formula is C20H21N3O6. The largest absolute Gasteiger partial charge is 0.496 e. The lowest BCUT2D eigenvalue weighted by Crippen LogP contribution is -2.14. The molecule has 2 rings (SSSR count). The molecule has 0 aliphatic rings. The number of carbonyl (C=O) groups is 1. The third-order valence-corrected chi connectivity index (χ3v) is 4.37. The van der Waals surface area contributed by atoms with E-state index in [9.17, 15) is 20.2 Å². The van der Waals surface area contributed by atoms with E-state index in [1.54, 1.807) is 19.9 Å². The molecule has 0 radical (unpaired) electrons. The molecule has 0 amide bonds. The number of nitrogens with one attached hydrogen (secondary N) is 1. The molecule has 0 saturated heterocycles. The van der Waals surface area contributed by atoms with Crippen molar-refractivity contribution in [3.8, 4) is 17.6 Å². The number of hydrogen-bond donors (Lipinski definition) is 1. The number of esters is 1. The van der Waals surface area contributed by atoms with Crippen molar-refractivity contribution in [1.29, 1.82) is 5.26 Å². The molecule has 0 spiro atoms. The first-order chi connectivity index (χ1) is 13.7. The van der Waals surface area contributed by atoms with Crippen LogP contribution in [0.25, 0.3) is 0 Å². The minimum atomic E-state index is -0.877. The summed E-state index contributed by atoms with van der Waals surface area (Å²) in [6.07, 6.45) is 0. The third kappa shape index (κ3) is 4.38. The Morgan fingerprint density at radius 3 is 2.17 bits per heavy atom. The number of nitriles is 1. The summed E-state index contributed by atoms with van der Waals surface area (Å²) in [7, 11) is 4.00. The monoisotopic (exact) mass is 399 g/mol. The summed E-state index contributed by atoms with van der Waals surface area (Å²) in [4.78, 5) is 23.1. The van der Waals surface area contributed by atoms with Gasteiger partial charge in [-0.15, -0.1) is 0 Å². The fraction of sp³-hybridized carbons (Fsp3) is 0.300. The Kier molecular flexibility index (Phi) is 6.28. The molecule has 0 aromatic heterocycles. The number of nitro groups is 1. The average Bonchev–Trinajstić information content (AvgIpc) is 2.72. The van der Waals surface area contributed by atoms with Crippen molar-refractivity contribution in [3.63, 3.8) is 0 Å². The smallest absolute Gasteiger partial charge is 0.345 e. The number of rotatable bonds is 7. The van der Waals surface area contributed by atoms with Crippen LogP contribution in [-0.2, 0) is 10.2 Å². The van der Waals surface area contributed by atoms with Gasteiger partial charge in [0.15, 0.2) is 0 Å². The summed E-state index contributed by atoms with van der Waals surface area (Å²) in [5.41, 5.74) is 0.167. The zero-order valence-electron chi connectivity index (χ0n) is 16.7. The number of benzene rings is 2. The van der Waals surface area contributed by atoms with Gasteiger partial charge in [0, 0.05) is 23.9 Å². The van der Waals surface area contributed by atoms with Gasteiger partial charge >= 0.3 is 5.97 Å². The second-order valence-electron chi connectivity index (χ2n) is 6.60. The molecular weight excluding hydrogens is 378 g/mol. The lowest BCUT2D eigenvalue weighted by Gasteiger charge is -2.17. The van der Waals surface area contributed by atoms with E-state index in [4.69, 9.17) is 14.2 Å². The van der Waals surface area contributed by atoms with Gasteiger partial charge in [-0.05, 0) is 25.5 Å². The van der Waals surface area contributed by atoms with Gasteiger partial charge in [0.25, 0.3) is 5.69 Å². The number of anilines is 2. The minimum absolute atomic E-state index is 0.101. The molecule has 1 N–H and O–H groups in total. The zero-order valence-corrected chi connectivity index (χ0v) is 16.7. The summed E-state index contributed by atoms with van der Waals surface area (Å²) in [6, 6.07) is 9.68. The van der Waals surface area contributed by atoms with Crippen LogP contribution in [0.1, 0.15) is 29.8 Å². The van der Waals surface area contributed by atoms with Crippen LogP contribution in [0.4, 0.5) is 17.1 Å².